The molecule has 1 aromatic carbocycles. The fourth-order valence-corrected chi connectivity index (χ4v) is 2.67. The van der Waals surface area contributed by atoms with Crippen LogP contribution in [0.4, 0.5) is 17.6 Å². The van der Waals surface area contributed by atoms with Crippen LogP contribution in [0, 0.1) is 5.82 Å². The molecule has 0 amide bonds. The zero-order valence-corrected chi connectivity index (χ0v) is 12.0. The van der Waals surface area contributed by atoms with Crippen molar-refractivity contribution in [3.8, 4) is 0 Å². The number of halogens is 4. The first-order valence-corrected chi connectivity index (χ1v) is 7.21. The van der Waals surface area contributed by atoms with Gasteiger partial charge in [0, 0.05) is 12.6 Å². The van der Waals surface area contributed by atoms with E-state index < -0.39 is 17.6 Å². The number of hydrogen-bond acceptors (Lipinski definition) is 2. The molecule has 6 heteroatoms. The van der Waals surface area contributed by atoms with Crippen LogP contribution in [0.1, 0.15) is 30.9 Å². The lowest BCUT2D eigenvalue weighted by Gasteiger charge is -2.31. The highest BCUT2D eigenvalue weighted by atomic mass is 19.4. The highest BCUT2D eigenvalue weighted by molar-refractivity contribution is 5.30. The molecular formula is C15H20F4N2. The number of nitrogens with one attached hydrogen (secondary N) is 1. The molecule has 1 aliphatic rings. The molecule has 1 saturated heterocycles. The SMILES string of the molecule is CCN1CCC(NCc2ccc(F)cc2C(F)(F)F)CC1. The molecule has 1 aromatic rings. The largest absolute Gasteiger partial charge is 0.416 e. The van der Waals surface area contributed by atoms with E-state index in [2.05, 4.69) is 17.1 Å². The maximum Gasteiger partial charge on any atom is 0.416 e. The maximum atomic E-state index is 13.0. The first-order chi connectivity index (χ1) is 9.90. The molecule has 21 heavy (non-hydrogen) atoms. The van der Waals surface area contributed by atoms with Crippen molar-refractivity contribution in [3.63, 3.8) is 0 Å². The third-order valence-corrected chi connectivity index (χ3v) is 3.99. The number of alkyl halides is 3. The first kappa shape index (κ1) is 16.2. The second-order valence-electron chi connectivity index (χ2n) is 5.39. The van der Waals surface area contributed by atoms with E-state index in [1.165, 1.54) is 6.07 Å². The summed E-state index contributed by atoms with van der Waals surface area (Å²) in [4.78, 5) is 2.32. The van der Waals surface area contributed by atoms with Gasteiger partial charge in [0.15, 0.2) is 0 Å². The predicted octanol–water partition coefficient (Wildman–Crippen LogP) is 3.42. The Morgan fingerprint density at radius 1 is 1.24 bits per heavy atom. The van der Waals surface area contributed by atoms with Crippen molar-refractivity contribution in [2.45, 2.75) is 38.5 Å². The fraction of sp³-hybridized carbons (Fsp3) is 0.600. The van der Waals surface area contributed by atoms with Gasteiger partial charge in [0.1, 0.15) is 5.82 Å². The van der Waals surface area contributed by atoms with Gasteiger partial charge in [-0.1, -0.05) is 13.0 Å². The topological polar surface area (TPSA) is 15.3 Å². The van der Waals surface area contributed by atoms with Crippen molar-refractivity contribution in [2.75, 3.05) is 19.6 Å². The summed E-state index contributed by atoms with van der Waals surface area (Å²) in [5.74, 6) is -0.859. The van der Waals surface area contributed by atoms with E-state index in [9.17, 15) is 17.6 Å². The Morgan fingerprint density at radius 2 is 1.90 bits per heavy atom. The molecule has 2 nitrogen and oxygen atoms in total. The van der Waals surface area contributed by atoms with Crippen LogP contribution in [0.25, 0.3) is 0 Å². The molecule has 0 spiro atoms. The molecule has 1 heterocycles. The number of piperidine rings is 1. The van der Waals surface area contributed by atoms with E-state index in [4.69, 9.17) is 0 Å². The average Bonchev–Trinajstić information content (AvgIpc) is 2.45. The maximum absolute atomic E-state index is 13.0. The van der Waals surface area contributed by atoms with Crippen LogP contribution < -0.4 is 5.32 Å². The summed E-state index contributed by atoms with van der Waals surface area (Å²) < 4.78 is 51.7. The van der Waals surface area contributed by atoms with Crippen LogP contribution in [0.5, 0.6) is 0 Å². The van der Waals surface area contributed by atoms with Crippen LogP contribution in [0.3, 0.4) is 0 Å². The number of hydrogen-bond donors (Lipinski definition) is 1. The minimum absolute atomic E-state index is 0.0989. The summed E-state index contributed by atoms with van der Waals surface area (Å²) in [7, 11) is 0. The molecule has 1 fully saturated rings. The normalized spacial score (nSPS) is 18.1. The Bertz CT molecular complexity index is 465. The Labute approximate surface area is 122 Å². The molecule has 1 aliphatic heterocycles. The van der Waals surface area contributed by atoms with E-state index in [1.54, 1.807) is 0 Å². The highest BCUT2D eigenvalue weighted by Crippen LogP contribution is 2.32. The first-order valence-electron chi connectivity index (χ1n) is 7.21. The molecular weight excluding hydrogens is 284 g/mol. The third-order valence-electron chi connectivity index (χ3n) is 3.99. The van der Waals surface area contributed by atoms with Gasteiger partial charge >= 0.3 is 6.18 Å². The molecule has 0 radical (unpaired) electrons. The summed E-state index contributed by atoms with van der Waals surface area (Å²) in [6.45, 7) is 5.14. The minimum Gasteiger partial charge on any atom is -0.310 e. The number of rotatable bonds is 4. The zero-order valence-electron chi connectivity index (χ0n) is 12.0. The van der Waals surface area contributed by atoms with Crippen molar-refractivity contribution >= 4 is 0 Å². The van der Waals surface area contributed by atoms with Crippen LogP contribution in [0.15, 0.2) is 18.2 Å². The Hall–Kier alpha value is -1.14. The molecule has 2 rings (SSSR count). The van der Waals surface area contributed by atoms with Crippen molar-refractivity contribution in [3.05, 3.63) is 35.1 Å². The Balaban J connectivity index is 1.97. The second-order valence-corrected chi connectivity index (χ2v) is 5.39. The number of benzene rings is 1. The second kappa shape index (κ2) is 6.75. The summed E-state index contributed by atoms with van der Waals surface area (Å²) in [6.07, 6.45) is -2.67. The Morgan fingerprint density at radius 3 is 2.48 bits per heavy atom. The van der Waals surface area contributed by atoms with Gasteiger partial charge in [-0.2, -0.15) is 13.2 Å². The van der Waals surface area contributed by atoms with Gasteiger partial charge in [-0.15, -0.1) is 0 Å². The monoisotopic (exact) mass is 304 g/mol. The van der Waals surface area contributed by atoms with Crippen molar-refractivity contribution < 1.29 is 17.6 Å². The van der Waals surface area contributed by atoms with Gasteiger partial charge in [0.05, 0.1) is 5.56 Å². The fourth-order valence-electron chi connectivity index (χ4n) is 2.67. The quantitative estimate of drug-likeness (QED) is 0.858. The Kier molecular flexibility index (Phi) is 5.22. The summed E-state index contributed by atoms with van der Waals surface area (Å²) in [5, 5.41) is 3.17. The molecule has 0 aliphatic carbocycles. The molecule has 0 atom stereocenters. The smallest absolute Gasteiger partial charge is 0.310 e. The van der Waals surface area contributed by atoms with E-state index in [1.807, 2.05) is 0 Å². The van der Waals surface area contributed by atoms with Gasteiger partial charge in [-0.3, -0.25) is 0 Å². The summed E-state index contributed by atoms with van der Waals surface area (Å²) in [5.41, 5.74) is -0.789. The third kappa shape index (κ3) is 4.41. The standard InChI is InChI=1S/C15H20F4N2/c1-2-21-7-5-13(6-8-21)20-10-11-3-4-12(16)9-14(11)15(17,18)19/h3-4,9,13,20H,2,5-8,10H2,1H3. The van der Waals surface area contributed by atoms with Crippen LogP contribution >= 0.6 is 0 Å². The van der Waals surface area contributed by atoms with Crippen molar-refractivity contribution in [2.24, 2.45) is 0 Å². The molecule has 0 saturated carbocycles. The van der Waals surface area contributed by atoms with Crippen LogP contribution in [0.2, 0.25) is 0 Å². The number of nitrogens with zero attached hydrogens (tertiary/aromatic N) is 1. The van der Waals surface area contributed by atoms with Gasteiger partial charge < -0.3 is 10.2 Å². The average molecular weight is 304 g/mol. The van der Waals surface area contributed by atoms with Crippen LogP contribution in [-0.2, 0) is 12.7 Å². The van der Waals surface area contributed by atoms with Gasteiger partial charge in [0.25, 0.3) is 0 Å². The summed E-state index contributed by atoms with van der Waals surface area (Å²) in [6, 6.07) is 3.08. The minimum atomic E-state index is -4.52. The van der Waals surface area contributed by atoms with E-state index in [-0.39, 0.29) is 18.2 Å². The lowest BCUT2D eigenvalue weighted by Crippen LogP contribution is -2.42. The van der Waals surface area contributed by atoms with Crippen molar-refractivity contribution in [1.82, 2.24) is 10.2 Å². The van der Waals surface area contributed by atoms with E-state index in [0.29, 0.717) is 6.07 Å². The van der Waals surface area contributed by atoms with Gasteiger partial charge in [-0.05, 0) is 50.2 Å². The molecule has 0 bridgehead atoms. The molecule has 1 N–H and O–H groups in total. The zero-order chi connectivity index (χ0) is 15.5. The lowest BCUT2D eigenvalue weighted by atomic mass is 10.0. The predicted molar refractivity (Wildman–Crippen MR) is 73.4 cm³/mol. The van der Waals surface area contributed by atoms with E-state index >= 15 is 0 Å². The molecule has 0 aromatic heterocycles. The molecule has 118 valence electrons. The lowest BCUT2D eigenvalue weighted by molar-refractivity contribution is -0.138. The number of likely N-dealkylation sites (tertiary alicyclic amines) is 1. The molecule has 0 unspecified atom stereocenters. The highest BCUT2D eigenvalue weighted by Gasteiger charge is 2.33. The van der Waals surface area contributed by atoms with E-state index in [0.717, 1.165) is 38.5 Å². The van der Waals surface area contributed by atoms with Crippen molar-refractivity contribution in [1.29, 1.82) is 0 Å². The van der Waals surface area contributed by atoms with Gasteiger partial charge in [-0.25, -0.2) is 4.39 Å². The van der Waals surface area contributed by atoms with Crippen LogP contribution in [-0.4, -0.2) is 30.6 Å². The van der Waals surface area contributed by atoms with Gasteiger partial charge in [0.2, 0.25) is 0 Å². The summed E-state index contributed by atoms with van der Waals surface area (Å²) >= 11 is 0.